The van der Waals surface area contributed by atoms with E-state index in [1.165, 1.54) is 108 Å². The lowest BCUT2D eigenvalue weighted by Gasteiger charge is -2.23. The number of para-hydroxylation sites is 2. The molecular formula is C67H52N4Si. The molecule has 0 amide bonds. The molecule has 0 radical (unpaired) electrons. The Morgan fingerprint density at radius 3 is 1.86 bits per heavy atom. The van der Waals surface area contributed by atoms with E-state index in [9.17, 15) is 0 Å². The minimum atomic E-state index is -1.99. The maximum absolute atomic E-state index is 5.61. The molecular weight excluding hydrogens is 889 g/mol. The third-order valence-electron chi connectivity index (χ3n) is 16.0. The summed E-state index contributed by atoms with van der Waals surface area (Å²) >= 11 is 0. The van der Waals surface area contributed by atoms with Crippen LogP contribution in [-0.2, 0) is 0 Å². The van der Waals surface area contributed by atoms with Crippen molar-refractivity contribution >= 4 is 61.8 Å². The third-order valence-corrected chi connectivity index (χ3v) is 19.5. The Labute approximate surface area is 421 Å². The Balaban J connectivity index is 0.983. The molecule has 4 nitrogen and oxygen atoms in total. The lowest BCUT2D eigenvalue weighted by molar-refractivity contribution is 0.444. The first kappa shape index (κ1) is 42.6. The van der Waals surface area contributed by atoms with E-state index < -0.39 is 8.07 Å². The highest BCUT2D eigenvalue weighted by Crippen LogP contribution is 2.43. The zero-order valence-electron chi connectivity index (χ0n) is 40.6. The molecule has 2 aromatic heterocycles. The topological polar surface area (TPSA) is 43.6 Å². The average molecular weight is 941 g/mol. The summed E-state index contributed by atoms with van der Waals surface area (Å²) < 4.78 is 2.37. The first-order valence-corrected chi connectivity index (χ1v) is 28.7. The van der Waals surface area contributed by atoms with Crippen LogP contribution in [0.25, 0.3) is 117 Å². The molecule has 12 aromatic rings. The van der Waals surface area contributed by atoms with Crippen molar-refractivity contribution in [2.45, 2.75) is 51.1 Å². The van der Waals surface area contributed by atoms with E-state index in [4.69, 9.17) is 15.0 Å². The van der Waals surface area contributed by atoms with Crippen LogP contribution in [0.2, 0.25) is 13.1 Å². The molecule has 2 aliphatic rings. The maximum Gasteiger partial charge on any atom is 0.164 e. The van der Waals surface area contributed by atoms with E-state index >= 15 is 0 Å². The maximum atomic E-state index is 5.61. The molecule has 1 fully saturated rings. The molecule has 10 aromatic carbocycles. The van der Waals surface area contributed by atoms with Gasteiger partial charge >= 0.3 is 0 Å². The van der Waals surface area contributed by atoms with E-state index in [1.807, 2.05) is 0 Å². The van der Waals surface area contributed by atoms with Crippen molar-refractivity contribution < 1.29 is 0 Å². The SMILES string of the molecule is C[Si]1(C)c2ccccc2-c2c(-c3nc(-c4cc(-c5ccc6cc(-c7cccc8ccccc78)ccc6c5)cc(C5CCCCC5)c4)nc(-c4cccc5c4c4ccccc4n5-c4ccccc4)n3)cccc21. The zero-order chi connectivity index (χ0) is 47.9. The number of fused-ring (bicyclic) bond motifs is 8. The van der Waals surface area contributed by atoms with Crippen LogP contribution in [0.5, 0.6) is 0 Å². The van der Waals surface area contributed by atoms with Crippen LogP contribution in [0.4, 0.5) is 0 Å². The van der Waals surface area contributed by atoms with Gasteiger partial charge in [-0.25, -0.2) is 15.0 Å². The van der Waals surface area contributed by atoms with Gasteiger partial charge in [-0.15, -0.1) is 0 Å². The van der Waals surface area contributed by atoms with Crippen molar-refractivity contribution in [1.82, 2.24) is 19.5 Å². The zero-order valence-corrected chi connectivity index (χ0v) is 41.6. The molecule has 14 rings (SSSR count). The second-order valence-electron chi connectivity index (χ2n) is 20.6. The lowest BCUT2D eigenvalue weighted by Crippen LogP contribution is -2.49. The molecule has 3 heterocycles. The van der Waals surface area contributed by atoms with Gasteiger partial charge in [0.2, 0.25) is 0 Å². The molecule has 0 unspecified atom stereocenters. The average Bonchev–Trinajstić information content (AvgIpc) is 3.91. The summed E-state index contributed by atoms with van der Waals surface area (Å²) in [6.45, 7) is 4.95. The van der Waals surface area contributed by atoms with Crippen molar-refractivity contribution in [3.05, 3.63) is 218 Å². The van der Waals surface area contributed by atoms with Crippen LogP contribution in [0.3, 0.4) is 0 Å². The predicted octanol–water partition coefficient (Wildman–Crippen LogP) is 16.5. The van der Waals surface area contributed by atoms with Gasteiger partial charge in [-0.1, -0.05) is 196 Å². The number of aromatic nitrogens is 4. The monoisotopic (exact) mass is 940 g/mol. The van der Waals surface area contributed by atoms with Gasteiger partial charge in [0.1, 0.15) is 8.07 Å². The van der Waals surface area contributed by atoms with Gasteiger partial charge in [0.15, 0.2) is 17.5 Å². The van der Waals surface area contributed by atoms with Crippen LogP contribution in [0, 0.1) is 0 Å². The second kappa shape index (κ2) is 17.0. The fraction of sp³-hybridized carbons (Fsp3) is 0.119. The Hall–Kier alpha value is -8.25. The van der Waals surface area contributed by atoms with Crippen molar-refractivity contribution in [2.75, 3.05) is 0 Å². The largest absolute Gasteiger partial charge is 0.309 e. The Morgan fingerprint density at radius 1 is 0.403 bits per heavy atom. The molecule has 0 saturated heterocycles. The molecule has 1 saturated carbocycles. The number of hydrogen-bond donors (Lipinski definition) is 0. The van der Waals surface area contributed by atoms with Crippen LogP contribution < -0.4 is 10.4 Å². The molecule has 0 bridgehead atoms. The van der Waals surface area contributed by atoms with E-state index in [0.717, 1.165) is 38.8 Å². The number of benzene rings is 10. The normalized spacial score (nSPS) is 14.3. The Morgan fingerprint density at radius 2 is 1.00 bits per heavy atom. The Bertz CT molecular complexity index is 4120. The molecule has 0 atom stereocenters. The lowest BCUT2D eigenvalue weighted by atomic mass is 9.82. The minimum absolute atomic E-state index is 0.473. The number of rotatable bonds is 7. The summed E-state index contributed by atoms with van der Waals surface area (Å²) in [6.07, 6.45) is 6.17. The van der Waals surface area contributed by atoms with E-state index in [-0.39, 0.29) is 0 Å². The quantitative estimate of drug-likeness (QED) is 0.150. The van der Waals surface area contributed by atoms with Gasteiger partial charge in [-0.2, -0.15) is 0 Å². The van der Waals surface area contributed by atoms with Crippen molar-refractivity contribution in [2.24, 2.45) is 0 Å². The van der Waals surface area contributed by atoms with E-state index in [0.29, 0.717) is 23.4 Å². The molecule has 1 aliphatic heterocycles. The van der Waals surface area contributed by atoms with Crippen molar-refractivity contribution in [1.29, 1.82) is 0 Å². The highest BCUT2D eigenvalue weighted by molar-refractivity contribution is 7.04. The van der Waals surface area contributed by atoms with Crippen molar-refractivity contribution in [3.63, 3.8) is 0 Å². The summed E-state index contributed by atoms with van der Waals surface area (Å²) in [6, 6.07) is 78.2. The minimum Gasteiger partial charge on any atom is -0.309 e. The molecule has 344 valence electrons. The number of nitrogens with zero attached hydrogens (tertiary/aromatic N) is 4. The smallest absolute Gasteiger partial charge is 0.164 e. The van der Waals surface area contributed by atoms with E-state index in [1.54, 1.807) is 0 Å². The predicted molar refractivity (Wildman–Crippen MR) is 304 cm³/mol. The molecule has 72 heavy (non-hydrogen) atoms. The molecule has 1 aliphatic carbocycles. The fourth-order valence-electron chi connectivity index (χ4n) is 12.4. The third kappa shape index (κ3) is 6.97. The highest BCUT2D eigenvalue weighted by atomic mass is 28.3. The molecule has 0 spiro atoms. The Kier molecular flexibility index (Phi) is 10.0. The van der Waals surface area contributed by atoms with Crippen LogP contribution in [0.1, 0.15) is 43.6 Å². The second-order valence-corrected chi connectivity index (χ2v) is 24.9. The number of hydrogen-bond acceptors (Lipinski definition) is 3. The van der Waals surface area contributed by atoms with Gasteiger partial charge in [0.05, 0.1) is 11.0 Å². The molecule has 5 heteroatoms. The first-order chi connectivity index (χ1) is 35.4. The van der Waals surface area contributed by atoms with Crippen LogP contribution in [-0.4, -0.2) is 27.6 Å². The summed E-state index contributed by atoms with van der Waals surface area (Å²) in [5.41, 5.74) is 15.3. The van der Waals surface area contributed by atoms with Crippen LogP contribution in [0.15, 0.2) is 212 Å². The van der Waals surface area contributed by atoms with Crippen LogP contribution >= 0.6 is 0 Å². The van der Waals surface area contributed by atoms with Gasteiger partial charge in [-0.3, -0.25) is 0 Å². The van der Waals surface area contributed by atoms with Gasteiger partial charge in [0.25, 0.3) is 0 Å². The first-order valence-electron chi connectivity index (χ1n) is 25.7. The highest BCUT2D eigenvalue weighted by Gasteiger charge is 2.39. The summed E-state index contributed by atoms with van der Waals surface area (Å²) in [4.78, 5) is 16.8. The molecule has 0 N–H and O–H groups in total. The standard InChI is InChI=1S/C67H52N4Si/c1-72(2)61-32-14-12-26-56(61)64-58(29-17-33-62(64)72)67-69-65(68-66(70-67)57-28-16-31-60-63(57)55-25-11-13-30-59(55)71(60)52-22-7-4-8-23-52)51-41-49(43-18-5-3-6-19-43)40-50(42-51)47-35-34-46-39-48(37-36-45(46)38-47)54-27-15-21-44-20-9-10-24-53(44)54/h4,7-17,20-43H,3,5-6,18-19H2,1-2H3. The summed E-state index contributed by atoms with van der Waals surface area (Å²) in [5, 5.41) is 10.2. The van der Waals surface area contributed by atoms with Gasteiger partial charge in [0, 0.05) is 33.2 Å². The van der Waals surface area contributed by atoms with Gasteiger partial charge in [-0.05, 0) is 138 Å². The van der Waals surface area contributed by atoms with Gasteiger partial charge < -0.3 is 4.57 Å². The fourth-order valence-corrected chi connectivity index (χ4v) is 15.5. The summed E-state index contributed by atoms with van der Waals surface area (Å²) in [7, 11) is -1.99. The van der Waals surface area contributed by atoms with Crippen molar-refractivity contribution in [3.8, 4) is 73.2 Å². The summed E-state index contributed by atoms with van der Waals surface area (Å²) in [5.74, 6) is 2.54. The van der Waals surface area contributed by atoms with E-state index in [2.05, 4.69) is 230 Å².